The first kappa shape index (κ1) is 19.8. The van der Waals surface area contributed by atoms with Crippen molar-refractivity contribution in [2.75, 3.05) is 12.3 Å². The van der Waals surface area contributed by atoms with Gasteiger partial charge in [-0.05, 0) is 32.1 Å². The zero-order valence-corrected chi connectivity index (χ0v) is 17.2. The molecule has 0 saturated heterocycles. The number of nitrogen functional groups attached to an aromatic ring is 1. The lowest BCUT2D eigenvalue weighted by Gasteiger charge is -2.30. The standard InChI is InChI=1S/C19H27N7O2S/c20-19-25-15(10-29-19)5-7-21-17(27)12-1-3-14(4-2-12)24-18(28)13-6-8-26-16(9-13)22-11-23-26/h10-14H,1-9H2,(H2,20,25)(H,21,27)(H,24,28). The molecule has 2 aliphatic rings. The minimum Gasteiger partial charge on any atom is -0.375 e. The summed E-state index contributed by atoms with van der Waals surface area (Å²) < 4.78 is 1.87. The molecule has 2 aromatic rings. The van der Waals surface area contributed by atoms with E-state index in [0.29, 0.717) is 24.5 Å². The van der Waals surface area contributed by atoms with E-state index in [0.717, 1.165) is 50.2 Å². The lowest BCUT2D eigenvalue weighted by Crippen LogP contribution is -2.44. The van der Waals surface area contributed by atoms with Crippen LogP contribution < -0.4 is 16.4 Å². The van der Waals surface area contributed by atoms with Gasteiger partial charge in [0, 0.05) is 49.2 Å². The molecule has 0 aromatic carbocycles. The number of fused-ring (bicyclic) bond motifs is 1. The quantitative estimate of drug-likeness (QED) is 0.641. The maximum Gasteiger partial charge on any atom is 0.223 e. The smallest absolute Gasteiger partial charge is 0.223 e. The Labute approximate surface area is 173 Å². The fourth-order valence-electron chi connectivity index (χ4n) is 4.17. The van der Waals surface area contributed by atoms with Crippen molar-refractivity contribution in [1.29, 1.82) is 0 Å². The van der Waals surface area contributed by atoms with Gasteiger partial charge in [0.25, 0.3) is 0 Å². The van der Waals surface area contributed by atoms with E-state index >= 15 is 0 Å². The van der Waals surface area contributed by atoms with Gasteiger partial charge in [-0.25, -0.2) is 9.97 Å². The molecule has 1 unspecified atom stereocenters. The minimum absolute atomic E-state index is 0.0249. The number of rotatable bonds is 6. The van der Waals surface area contributed by atoms with Crippen LogP contribution in [0.2, 0.25) is 0 Å². The molecule has 4 N–H and O–H groups in total. The van der Waals surface area contributed by atoms with Crippen molar-refractivity contribution < 1.29 is 9.59 Å². The topological polar surface area (TPSA) is 128 Å². The molecule has 9 nitrogen and oxygen atoms in total. The molecule has 0 bridgehead atoms. The summed E-state index contributed by atoms with van der Waals surface area (Å²) in [4.78, 5) is 33.5. The van der Waals surface area contributed by atoms with Gasteiger partial charge in [0.1, 0.15) is 12.2 Å². The molecule has 4 rings (SSSR count). The van der Waals surface area contributed by atoms with Gasteiger partial charge in [-0.1, -0.05) is 0 Å². The monoisotopic (exact) mass is 417 g/mol. The summed E-state index contributed by atoms with van der Waals surface area (Å²) in [7, 11) is 0. The molecule has 2 aromatic heterocycles. The highest BCUT2D eigenvalue weighted by Gasteiger charge is 2.30. The lowest BCUT2D eigenvalue weighted by atomic mass is 9.85. The largest absolute Gasteiger partial charge is 0.375 e. The number of aromatic nitrogens is 4. The lowest BCUT2D eigenvalue weighted by molar-refractivity contribution is -0.127. The molecule has 29 heavy (non-hydrogen) atoms. The van der Waals surface area contributed by atoms with Crippen LogP contribution in [-0.4, -0.2) is 44.1 Å². The Balaban J connectivity index is 1.16. The maximum atomic E-state index is 12.6. The number of nitrogens with one attached hydrogen (secondary N) is 2. The number of amides is 2. The van der Waals surface area contributed by atoms with Crippen LogP contribution in [0.25, 0.3) is 0 Å². The highest BCUT2D eigenvalue weighted by Crippen LogP contribution is 2.26. The van der Waals surface area contributed by atoms with Crippen LogP contribution in [0.3, 0.4) is 0 Å². The van der Waals surface area contributed by atoms with Gasteiger partial charge >= 0.3 is 0 Å². The first-order chi connectivity index (χ1) is 14.1. The van der Waals surface area contributed by atoms with Crippen LogP contribution in [-0.2, 0) is 29.0 Å². The molecule has 1 aliphatic heterocycles. The number of thiazole rings is 1. The normalized spacial score (nSPS) is 23.9. The number of nitrogens with two attached hydrogens (primary N) is 1. The third kappa shape index (κ3) is 4.92. The number of aryl methyl sites for hydroxylation is 1. The predicted molar refractivity (Wildman–Crippen MR) is 109 cm³/mol. The van der Waals surface area contributed by atoms with Crippen LogP contribution >= 0.6 is 11.3 Å². The Bertz CT molecular complexity index is 856. The number of carbonyl (C=O) groups is 2. The third-order valence-electron chi connectivity index (χ3n) is 5.88. The van der Waals surface area contributed by atoms with Crippen molar-refractivity contribution in [2.24, 2.45) is 11.8 Å². The van der Waals surface area contributed by atoms with E-state index in [1.54, 1.807) is 6.33 Å². The molecule has 3 heterocycles. The first-order valence-electron chi connectivity index (χ1n) is 10.2. The molecular weight excluding hydrogens is 390 g/mol. The number of nitrogens with zero attached hydrogens (tertiary/aromatic N) is 4. The highest BCUT2D eigenvalue weighted by molar-refractivity contribution is 7.13. The Hall–Kier alpha value is -2.49. The van der Waals surface area contributed by atoms with E-state index in [4.69, 9.17) is 5.73 Å². The van der Waals surface area contributed by atoms with Crippen molar-refractivity contribution in [3.63, 3.8) is 0 Å². The average Bonchev–Trinajstić information content (AvgIpc) is 3.36. The molecule has 0 spiro atoms. The molecule has 0 radical (unpaired) electrons. The van der Waals surface area contributed by atoms with Gasteiger partial charge in [0.15, 0.2) is 5.13 Å². The van der Waals surface area contributed by atoms with Gasteiger partial charge < -0.3 is 16.4 Å². The zero-order chi connectivity index (χ0) is 20.2. The van der Waals surface area contributed by atoms with Crippen molar-refractivity contribution in [3.05, 3.63) is 23.2 Å². The summed E-state index contributed by atoms with van der Waals surface area (Å²) in [6, 6.07) is 0.157. The van der Waals surface area contributed by atoms with Crippen LogP contribution in [0.5, 0.6) is 0 Å². The Morgan fingerprint density at radius 2 is 2.00 bits per heavy atom. The zero-order valence-electron chi connectivity index (χ0n) is 16.3. The minimum atomic E-state index is -0.0347. The summed E-state index contributed by atoms with van der Waals surface area (Å²) in [6.07, 6.45) is 6.98. The molecule has 1 saturated carbocycles. The van der Waals surface area contributed by atoms with E-state index < -0.39 is 0 Å². The second-order valence-corrected chi connectivity index (χ2v) is 8.75. The maximum absolute atomic E-state index is 12.6. The molecule has 1 aliphatic carbocycles. The number of anilines is 1. The molecule has 2 amide bonds. The van der Waals surface area contributed by atoms with Crippen LogP contribution in [0.4, 0.5) is 5.13 Å². The fourth-order valence-corrected chi connectivity index (χ4v) is 4.77. The molecule has 10 heteroatoms. The third-order valence-corrected chi connectivity index (χ3v) is 6.60. The Morgan fingerprint density at radius 1 is 1.17 bits per heavy atom. The van der Waals surface area contributed by atoms with E-state index in [1.165, 1.54) is 11.3 Å². The summed E-state index contributed by atoms with van der Waals surface area (Å²) in [5.41, 5.74) is 6.54. The molecule has 1 fully saturated rings. The van der Waals surface area contributed by atoms with E-state index in [-0.39, 0.29) is 29.7 Å². The van der Waals surface area contributed by atoms with Gasteiger partial charge in [-0.15, -0.1) is 11.3 Å². The summed E-state index contributed by atoms with van der Waals surface area (Å²) in [5.74, 6) is 1.08. The fraction of sp³-hybridized carbons (Fsp3) is 0.632. The molecular formula is C19H27N7O2S. The van der Waals surface area contributed by atoms with Gasteiger partial charge in [0.2, 0.25) is 11.8 Å². The second kappa shape index (κ2) is 8.89. The SMILES string of the molecule is Nc1nc(CCNC(=O)C2CCC(NC(=O)C3CCn4ncnc4C3)CC2)cs1. The van der Waals surface area contributed by atoms with E-state index in [9.17, 15) is 9.59 Å². The Kier molecular flexibility index (Phi) is 6.08. The van der Waals surface area contributed by atoms with Crippen molar-refractivity contribution in [1.82, 2.24) is 30.4 Å². The van der Waals surface area contributed by atoms with Crippen LogP contribution in [0.1, 0.15) is 43.6 Å². The second-order valence-electron chi connectivity index (χ2n) is 7.86. The summed E-state index contributed by atoms with van der Waals surface area (Å²) in [5, 5.41) is 12.8. The molecule has 156 valence electrons. The molecule has 1 atom stereocenters. The van der Waals surface area contributed by atoms with Crippen LogP contribution in [0.15, 0.2) is 11.7 Å². The number of hydrogen-bond donors (Lipinski definition) is 3. The van der Waals surface area contributed by atoms with Gasteiger partial charge in [-0.2, -0.15) is 5.10 Å². The summed E-state index contributed by atoms with van der Waals surface area (Å²) >= 11 is 1.42. The highest BCUT2D eigenvalue weighted by atomic mass is 32.1. The van der Waals surface area contributed by atoms with Gasteiger partial charge in [-0.3, -0.25) is 14.3 Å². The predicted octanol–water partition coefficient (Wildman–Crippen LogP) is 0.913. The van der Waals surface area contributed by atoms with Crippen molar-refractivity contribution in [2.45, 2.75) is 57.5 Å². The summed E-state index contributed by atoms with van der Waals surface area (Å²) in [6.45, 7) is 1.32. The van der Waals surface area contributed by atoms with E-state index in [2.05, 4.69) is 25.7 Å². The van der Waals surface area contributed by atoms with E-state index in [1.807, 2.05) is 10.1 Å². The number of carbonyl (C=O) groups excluding carboxylic acids is 2. The van der Waals surface area contributed by atoms with Gasteiger partial charge in [0.05, 0.1) is 5.69 Å². The first-order valence-corrected chi connectivity index (χ1v) is 11.1. The number of hydrogen-bond acceptors (Lipinski definition) is 7. The Morgan fingerprint density at radius 3 is 2.76 bits per heavy atom. The van der Waals surface area contributed by atoms with Crippen LogP contribution in [0, 0.1) is 11.8 Å². The van der Waals surface area contributed by atoms with Crippen molar-refractivity contribution in [3.8, 4) is 0 Å². The van der Waals surface area contributed by atoms with Crippen molar-refractivity contribution >= 4 is 28.3 Å². The average molecular weight is 418 g/mol.